The molecule has 0 aliphatic carbocycles. The van der Waals surface area contributed by atoms with Crippen LogP contribution in [0.4, 0.5) is 0 Å². The molecule has 1 aliphatic rings. The Labute approximate surface area is 107 Å². The van der Waals surface area contributed by atoms with Gasteiger partial charge in [-0.3, -0.25) is 4.98 Å². The molecule has 4 nitrogen and oxygen atoms in total. The van der Waals surface area contributed by atoms with Crippen molar-refractivity contribution in [3.63, 3.8) is 0 Å². The monoisotopic (exact) mass is 243 g/mol. The Balaban J connectivity index is 1.85. The number of hydrogen-bond acceptors (Lipinski definition) is 3. The Morgan fingerprint density at radius 3 is 3.17 bits per heavy atom. The second kappa shape index (κ2) is 4.90. The third-order valence-corrected chi connectivity index (χ3v) is 3.52. The zero-order chi connectivity index (χ0) is 12.4. The fraction of sp³-hybridized carbons (Fsp3) is 0.429. The van der Waals surface area contributed by atoms with Gasteiger partial charge < -0.3 is 9.30 Å². The third kappa shape index (κ3) is 2.16. The van der Waals surface area contributed by atoms with Crippen molar-refractivity contribution in [1.82, 2.24) is 14.5 Å². The molecule has 1 fully saturated rings. The van der Waals surface area contributed by atoms with E-state index in [0.29, 0.717) is 5.92 Å². The van der Waals surface area contributed by atoms with Gasteiger partial charge in [-0.05, 0) is 30.5 Å². The van der Waals surface area contributed by atoms with Crippen LogP contribution in [0.5, 0.6) is 0 Å². The molecule has 0 bridgehead atoms. The molecule has 1 atom stereocenters. The maximum absolute atomic E-state index is 5.45. The van der Waals surface area contributed by atoms with Crippen molar-refractivity contribution in [2.45, 2.75) is 25.8 Å². The van der Waals surface area contributed by atoms with Gasteiger partial charge in [0, 0.05) is 43.9 Å². The summed E-state index contributed by atoms with van der Waals surface area (Å²) in [6, 6.07) is 2.07. The molecular weight excluding hydrogens is 226 g/mol. The minimum absolute atomic E-state index is 0.446. The van der Waals surface area contributed by atoms with Crippen LogP contribution in [0, 0.1) is 6.92 Å². The van der Waals surface area contributed by atoms with E-state index in [2.05, 4.69) is 27.5 Å². The molecule has 2 aromatic heterocycles. The number of nitrogens with zero attached hydrogens (tertiary/aromatic N) is 3. The van der Waals surface area contributed by atoms with Crippen LogP contribution in [0.15, 0.2) is 30.9 Å². The molecule has 0 amide bonds. The molecule has 4 heteroatoms. The Kier molecular flexibility index (Phi) is 3.11. The van der Waals surface area contributed by atoms with E-state index >= 15 is 0 Å². The van der Waals surface area contributed by atoms with Crippen LogP contribution in [0.2, 0.25) is 0 Å². The lowest BCUT2D eigenvalue weighted by Crippen LogP contribution is -2.10. The SMILES string of the molecule is Cc1cnccc1Cn1ccnc1C1CCOC1. The van der Waals surface area contributed by atoms with E-state index in [9.17, 15) is 0 Å². The van der Waals surface area contributed by atoms with E-state index in [4.69, 9.17) is 4.74 Å². The lowest BCUT2D eigenvalue weighted by atomic mass is 10.1. The van der Waals surface area contributed by atoms with E-state index < -0.39 is 0 Å². The standard InChI is InChI=1S/C14H17N3O/c1-11-8-15-4-2-12(11)9-17-6-5-16-14(17)13-3-7-18-10-13/h2,4-6,8,13H,3,7,9-10H2,1H3. The van der Waals surface area contributed by atoms with Crippen molar-refractivity contribution in [1.29, 1.82) is 0 Å². The highest BCUT2D eigenvalue weighted by atomic mass is 16.5. The van der Waals surface area contributed by atoms with E-state index in [-0.39, 0.29) is 0 Å². The highest BCUT2D eigenvalue weighted by Crippen LogP contribution is 2.24. The number of hydrogen-bond donors (Lipinski definition) is 0. The van der Waals surface area contributed by atoms with Gasteiger partial charge in [0.15, 0.2) is 0 Å². The molecule has 0 radical (unpaired) electrons. The van der Waals surface area contributed by atoms with Gasteiger partial charge in [0.1, 0.15) is 5.82 Å². The summed E-state index contributed by atoms with van der Waals surface area (Å²) >= 11 is 0. The van der Waals surface area contributed by atoms with Crippen molar-refractivity contribution in [3.05, 3.63) is 47.8 Å². The summed E-state index contributed by atoms with van der Waals surface area (Å²) < 4.78 is 7.67. The van der Waals surface area contributed by atoms with Crippen molar-refractivity contribution in [2.75, 3.05) is 13.2 Å². The molecule has 1 saturated heterocycles. The normalized spacial score (nSPS) is 19.3. The second-order valence-corrected chi connectivity index (χ2v) is 4.78. The average Bonchev–Trinajstić information content (AvgIpc) is 3.02. The molecule has 3 rings (SSSR count). The summed E-state index contributed by atoms with van der Waals surface area (Å²) in [5.74, 6) is 1.59. The van der Waals surface area contributed by atoms with Crippen LogP contribution in [0.25, 0.3) is 0 Å². The van der Waals surface area contributed by atoms with Gasteiger partial charge in [-0.2, -0.15) is 0 Å². The minimum Gasteiger partial charge on any atom is -0.381 e. The summed E-state index contributed by atoms with van der Waals surface area (Å²) in [5, 5.41) is 0. The maximum Gasteiger partial charge on any atom is 0.114 e. The number of ether oxygens (including phenoxy) is 1. The van der Waals surface area contributed by atoms with E-state index in [1.54, 1.807) is 0 Å². The molecule has 0 N–H and O–H groups in total. The molecule has 3 heterocycles. The number of imidazole rings is 1. The van der Waals surface area contributed by atoms with Crippen LogP contribution in [-0.2, 0) is 11.3 Å². The number of rotatable bonds is 3. The molecule has 1 aliphatic heterocycles. The summed E-state index contributed by atoms with van der Waals surface area (Å²) in [6.07, 6.45) is 8.76. The van der Waals surface area contributed by atoms with Crippen LogP contribution in [0.3, 0.4) is 0 Å². The second-order valence-electron chi connectivity index (χ2n) is 4.78. The lowest BCUT2D eigenvalue weighted by molar-refractivity contribution is 0.192. The quantitative estimate of drug-likeness (QED) is 0.829. The van der Waals surface area contributed by atoms with Crippen molar-refractivity contribution in [2.24, 2.45) is 0 Å². The Morgan fingerprint density at radius 2 is 2.39 bits per heavy atom. The van der Waals surface area contributed by atoms with Gasteiger partial charge in [0.25, 0.3) is 0 Å². The number of aromatic nitrogens is 3. The molecule has 0 spiro atoms. The first-order valence-electron chi connectivity index (χ1n) is 6.33. The first-order valence-corrected chi connectivity index (χ1v) is 6.33. The first kappa shape index (κ1) is 11.4. The summed E-state index contributed by atoms with van der Waals surface area (Å²) in [5.41, 5.74) is 2.52. The molecule has 2 aromatic rings. The number of pyridine rings is 1. The van der Waals surface area contributed by atoms with Gasteiger partial charge in [0.05, 0.1) is 6.61 Å². The van der Waals surface area contributed by atoms with Crippen LogP contribution < -0.4 is 0 Å². The van der Waals surface area contributed by atoms with Gasteiger partial charge in [-0.1, -0.05) is 0 Å². The predicted octanol–water partition coefficient (Wildman–Crippen LogP) is 2.14. The van der Waals surface area contributed by atoms with Crippen LogP contribution in [-0.4, -0.2) is 27.7 Å². The molecule has 0 saturated carbocycles. The maximum atomic E-state index is 5.45. The van der Waals surface area contributed by atoms with Gasteiger partial charge in [0.2, 0.25) is 0 Å². The lowest BCUT2D eigenvalue weighted by Gasteiger charge is -2.13. The van der Waals surface area contributed by atoms with Crippen LogP contribution in [0.1, 0.15) is 29.3 Å². The van der Waals surface area contributed by atoms with Gasteiger partial charge in [-0.15, -0.1) is 0 Å². The molecular formula is C14H17N3O. The fourth-order valence-electron chi connectivity index (χ4n) is 2.42. The van der Waals surface area contributed by atoms with Crippen molar-refractivity contribution >= 4 is 0 Å². The van der Waals surface area contributed by atoms with Crippen LogP contribution >= 0.6 is 0 Å². The zero-order valence-electron chi connectivity index (χ0n) is 10.5. The van der Waals surface area contributed by atoms with Crippen molar-refractivity contribution in [3.8, 4) is 0 Å². The Morgan fingerprint density at radius 1 is 1.44 bits per heavy atom. The summed E-state index contributed by atoms with van der Waals surface area (Å²) in [6.45, 7) is 4.61. The smallest absolute Gasteiger partial charge is 0.114 e. The first-order chi connectivity index (χ1) is 8.84. The fourth-order valence-corrected chi connectivity index (χ4v) is 2.42. The number of aryl methyl sites for hydroxylation is 1. The highest BCUT2D eigenvalue weighted by Gasteiger charge is 2.22. The molecule has 94 valence electrons. The minimum atomic E-state index is 0.446. The topological polar surface area (TPSA) is 39.9 Å². The zero-order valence-corrected chi connectivity index (χ0v) is 10.5. The average molecular weight is 243 g/mol. The van der Waals surface area contributed by atoms with E-state index in [1.165, 1.54) is 11.1 Å². The predicted molar refractivity (Wildman–Crippen MR) is 68.5 cm³/mol. The molecule has 1 unspecified atom stereocenters. The summed E-state index contributed by atoms with van der Waals surface area (Å²) in [7, 11) is 0. The Bertz CT molecular complexity index is 529. The van der Waals surface area contributed by atoms with E-state index in [1.807, 2.05) is 24.8 Å². The molecule has 18 heavy (non-hydrogen) atoms. The van der Waals surface area contributed by atoms with E-state index in [0.717, 1.165) is 32.0 Å². The summed E-state index contributed by atoms with van der Waals surface area (Å²) in [4.78, 5) is 8.62. The Hall–Kier alpha value is -1.68. The van der Waals surface area contributed by atoms with Crippen molar-refractivity contribution < 1.29 is 4.74 Å². The third-order valence-electron chi connectivity index (χ3n) is 3.52. The highest BCUT2D eigenvalue weighted by molar-refractivity contribution is 5.22. The van der Waals surface area contributed by atoms with Gasteiger partial charge in [-0.25, -0.2) is 4.98 Å². The molecule has 0 aromatic carbocycles. The largest absolute Gasteiger partial charge is 0.381 e. The van der Waals surface area contributed by atoms with Gasteiger partial charge >= 0.3 is 0 Å².